The molecule has 0 radical (unpaired) electrons. The van der Waals surface area contributed by atoms with Crippen molar-refractivity contribution in [2.24, 2.45) is 0 Å². The summed E-state index contributed by atoms with van der Waals surface area (Å²) in [6.07, 6.45) is 2.17. The molecular formula is C21H23N3OS. The van der Waals surface area contributed by atoms with Gasteiger partial charge in [-0.2, -0.15) is 0 Å². The van der Waals surface area contributed by atoms with Gasteiger partial charge in [0.1, 0.15) is 5.01 Å². The maximum Gasteiger partial charge on any atom is 0.238 e. The number of anilines is 1. The van der Waals surface area contributed by atoms with Crippen molar-refractivity contribution in [3.63, 3.8) is 0 Å². The monoisotopic (exact) mass is 365 g/mol. The van der Waals surface area contributed by atoms with E-state index in [1.165, 1.54) is 4.70 Å². The van der Waals surface area contributed by atoms with E-state index in [2.05, 4.69) is 28.4 Å². The second kappa shape index (κ2) is 7.17. The van der Waals surface area contributed by atoms with Crippen molar-refractivity contribution in [2.45, 2.75) is 32.7 Å². The fraction of sp³-hybridized carbons (Fsp3) is 0.333. The number of carbonyl (C=O) groups excluding carboxylic acids is 1. The molecule has 3 aromatic rings. The van der Waals surface area contributed by atoms with Gasteiger partial charge < -0.3 is 5.32 Å². The van der Waals surface area contributed by atoms with Crippen molar-refractivity contribution in [3.05, 3.63) is 58.6 Å². The Bertz CT molecular complexity index is 896. The first-order chi connectivity index (χ1) is 12.6. The number of thiazole rings is 1. The summed E-state index contributed by atoms with van der Waals surface area (Å²) in [5.74, 6) is 0.0445. The van der Waals surface area contributed by atoms with Crippen LogP contribution in [-0.4, -0.2) is 28.9 Å². The molecule has 1 unspecified atom stereocenters. The van der Waals surface area contributed by atoms with E-state index in [1.54, 1.807) is 11.3 Å². The molecule has 26 heavy (non-hydrogen) atoms. The Morgan fingerprint density at radius 3 is 2.77 bits per heavy atom. The van der Waals surface area contributed by atoms with Gasteiger partial charge >= 0.3 is 0 Å². The van der Waals surface area contributed by atoms with Gasteiger partial charge in [0.15, 0.2) is 0 Å². The maximum atomic E-state index is 12.6. The van der Waals surface area contributed by atoms with E-state index in [-0.39, 0.29) is 11.9 Å². The van der Waals surface area contributed by atoms with Crippen LogP contribution in [-0.2, 0) is 4.79 Å². The fourth-order valence-corrected chi connectivity index (χ4v) is 4.90. The van der Waals surface area contributed by atoms with Crippen LogP contribution in [0.3, 0.4) is 0 Å². The van der Waals surface area contributed by atoms with Gasteiger partial charge in [-0.1, -0.05) is 18.2 Å². The number of rotatable bonds is 4. The number of likely N-dealkylation sites (tertiary alicyclic amines) is 1. The van der Waals surface area contributed by atoms with Gasteiger partial charge in [0, 0.05) is 5.69 Å². The molecule has 4 nitrogen and oxygen atoms in total. The second-order valence-corrected chi connectivity index (χ2v) is 8.14. The lowest BCUT2D eigenvalue weighted by molar-refractivity contribution is -0.117. The van der Waals surface area contributed by atoms with Crippen LogP contribution in [0.2, 0.25) is 0 Å². The summed E-state index contributed by atoms with van der Waals surface area (Å²) in [4.78, 5) is 19.6. The molecule has 1 aromatic heterocycles. The third kappa shape index (κ3) is 3.64. The highest BCUT2D eigenvalue weighted by Crippen LogP contribution is 2.36. The number of fused-ring (bicyclic) bond motifs is 1. The average molecular weight is 366 g/mol. The van der Waals surface area contributed by atoms with E-state index in [0.717, 1.165) is 46.7 Å². The lowest BCUT2D eigenvalue weighted by Crippen LogP contribution is -2.32. The van der Waals surface area contributed by atoms with Gasteiger partial charge in [0.05, 0.1) is 22.8 Å². The molecule has 4 rings (SSSR count). The zero-order valence-electron chi connectivity index (χ0n) is 15.2. The molecule has 0 saturated carbocycles. The van der Waals surface area contributed by atoms with E-state index in [1.807, 2.05) is 38.1 Å². The van der Waals surface area contributed by atoms with Crippen molar-refractivity contribution in [1.82, 2.24) is 9.88 Å². The van der Waals surface area contributed by atoms with Crippen LogP contribution in [0.4, 0.5) is 5.69 Å². The number of benzene rings is 2. The van der Waals surface area contributed by atoms with E-state index in [4.69, 9.17) is 4.98 Å². The average Bonchev–Trinajstić information content (AvgIpc) is 3.19. The summed E-state index contributed by atoms with van der Waals surface area (Å²) in [5.41, 5.74) is 4.25. The first-order valence-corrected chi connectivity index (χ1v) is 9.88. The molecule has 1 N–H and O–H groups in total. The lowest BCUT2D eigenvalue weighted by atomic mass is 10.1. The molecule has 0 aliphatic carbocycles. The van der Waals surface area contributed by atoms with Gasteiger partial charge in [0.2, 0.25) is 5.91 Å². The van der Waals surface area contributed by atoms with Crippen LogP contribution in [0.25, 0.3) is 10.2 Å². The fourth-order valence-electron chi connectivity index (χ4n) is 3.76. The number of para-hydroxylation sites is 1. The number of aryl methyl sites for hydroxylation is 2. The standard InChI is InChI=1S/C21H23N3OS/c1-14-10-15(2)12-16(11-14)22-20(25)13-24-9-5-7-18(24)21-23-17-6-3-4-8-19(17)26-21/h3-4,6,8,10-12,18H,5,7,9,13H2,1-2H3,(H,22,25). The summed E-state index contributed by atoms with van der Waals surface area (Å²) >= 11 is 1.75. The van der Waals surface area contributed by atoms with Crippen molar-refractivity contribution in [1.29, 1.82) is 0 Å². The van der Waals surface area contributed by atoms with Crippen LogP contribution in [0, 0.1) is 13.8 Å². The van der Waals surface area contributed by atoms with Crippen molar-refractivity contribution in [3.8, 4) is 0 Å². The minimum Gasteiger partial charge on any atom is -0.325 e. The van der Waals surface area contributed by atoms with Crippen LogP contribution in [0.15, 0.2) is 42.5 Å². The Kier molecular flexibility index (Phi) is 4.74. The summed E-state index contributed by atoms with van der Waals surface area (Å²) in [7, 11) is 0. The van der Waals surface area contributed by atoms with Crippen LogP contribution in [0.1, 0.15) is 35.0 Å². The highest BCUT2D eigenvalue weighted by molar-refractivity contribution is 7.18. The molecule has 1 fully saturated rings. The normalized spacial score (nSPS) is 17.7. The van der Waals surface area contributed by atoms with Crippen LogP contribution in [0.5, 0.6) is 0 Å². The highest BCUT2D eigenvalue weighted by Gasteiger charge is 2.30. The van der Waals surface area contributed by atoms with E-state index in [9.17, 15) is 4.79 Å². The zero-order chi connectivity index (χ0) is 18.1. The zero-order valence-corrected chi connectivity index (χ0v) is 16.0. The Balaban J connectivity index is 1.47. The summed E-state index contributed by atoms with van der Waals surface area (Å²) in [6.45, 7) is 5.45. The van der Waals surface area contributed by atoms with Gasteiger partial charge in [-0.25, -0.2) is 4.98 Å². The van der Waals surface area contributed by atoms with Crippen molar-refractivity contribution < 1.29 is 4.79 Å². The molecule has 1 saturated heterocycles. The SMILES string of the molecule is Cc1cc(C)cc(NC(=O)CN2CCCC2c2nc3ccccc3s2)c1. The van der Waals surface area contributed by atoms with Gasteiger partial charge in [-0.15, -0.1) is 11.3 Å². The number of carbonyl (C=O) groups is 1. The molecule has 0 spiro atoms. The second-order valence-electron chi connectivity index (χ2n) is 7.07. The summed E-state index contributed by atoms with van der Waals surface area (Å²) < 4.78 is 1.22. The van der Waals surface area contributed by atoms with Gasteiger partial charge in [0.25, 0.3) is 0 Å². The molecule has 1 aliphatic rings. The van der Waals surface area contributed by atoms with Crippen LogP contribution >= 0.6 is 11.3 Å². The minimum absolute atomic E-state index is 0.0445. The summed E-state index contributed by atoms with van der Waals surface area (Å²) in [6, 6.07) is 14.6. The molecule has 1 aliphatic heterocycles. The molecule has 1 amide bonds. The largest absolute Gasteiger partial charge is 0.325 e. The molecule has 5 heteroatoms. The number of aromatic nitrogens is 1. The highest BCUT2D eigenvalue weighted by atomic mass is 32.1. The molecule has 0 bridgehead atoms. The van der Waals surface area contributed by atoms with E-state index < -0.39 is 0 Å². The molecule has 134 valence electrons. The maximum absolute atomic E-state index is 12.6. The Morgan fingerprint density at radius 2 is 2.00 bits per heavy atom. The predicted molar refractivity (Wildman–Crippen MR) is 108 cm³/mol. The molecular weight excluding hydrogens is 342 g/mol. The quantitative estimate of drug-likeness (QED) is 0.729. The first kappa shape index (κ1) is 17.2. The minimum atomic E-state index is 0.0445. The Morgan fingerprint density at radius 1 is 1.23 bits per heavy atom. The van der Waals surface area contributed by atoms with Gasteiger partial charge in [-0.05, 0) is 68.6 Å². The van der Waals surface area contributed by atoms with Crippen LogP contribution < -0.4 is 5.32 Å². The van der Waals surface area contributed by atoms with E-state index in [0.29, 0.717) is 6.54 Å². The topological polar surface area (TPSA) is 45.2 Å². The third-order valence-electron chi connectivity index (χ3n) is 4.81. The van der Waals surface area contributed by atoms with Gasteiger partial charge in [-0.3, -0.25) is 9.69 Å². The number of hydrogen-bond acceptors (Lipinski definition) is 4. The lowest BCUT2D eigenvalue weighted by Gasteiger charge is -2.22. The van der Waals surface area contributed by atoms with E-state index >= 15 is 0 Å². The van der Waals surface area contributed by atoms with Crippen molar-refractivity contribution >= 4 is 33.1 Å². The third-order valence-corrected chi connectivity index (χ3v) is 5.95. The number of hydrogen-bond donors (Lipinski definition) is 1. The first-order valence-electron chi connectivity index (χ1n) is 9.06. The van der Waals surface area contributed by atoms with Crippen molar-refractivity contribution in [2.75, 3.05) is 18.4 Å². The Hall–Kier alpha value is -2.24. The number of nitrogens with one attached hydrogen (secondary N) is 1. The molecule has 2 aromatic carbocycles. The molecule has 1 atom stereocenters. The summed E-state index contributed by atoms with van der Waals surface area (Å²) in [5, 5.41) is 4.18. The predicted octanol–water partition coefficient (Wildman–Crippen LogP) is 4.69. The number of amides is 1. The molecule has 2 heterocycles. The number of nitrogens with zero attached hydrogens (tertiary/aromatic N) is 2. The Labute approximate surface area is 157 Å². The smallest absolute Gasteiger partial charge is 0.238 e.